The van der Waals surface area contributed by atoms with Gasteiger partial charge in [-0.05, 0) is 31.2 Å². The minimum absolute atomic E-state index is 0.278. The van der Waals surface area contributed by atoms with Crippen LogP contribution in [0.2, 0.25) is 0 Å². The number of nitrogens with zero attached hydrogens (tertiary/aromatic N) is 4. The smallest absolute Gasteiger partial charge is 0.330 e. The maximum absolute atomic E-state index is 13.0. The number of aromatic nitrogens is 4. The van der Waals surface area contributed by atoms with Crippen LogP contribution in [0.4, 0.5) is 5.69 Å². The monoisotopic (exact) mass is 441 g/mol. The van der Waals surface area contributed by atoms with E-state index < -0.39 is 18.0 Å². The second-order valence-corrected chi connectivity index (χ2v) is 7.65. The maximum atomic E-state index is 13.0. The van der Waals surface area contributed by atoms with Gasteiger partial charge in [0.25, 0.3) is 5.91 Å². The highest BCUT2D eigenvalue weighted by Gasteiger charge is 2.25. The summed E-state index contributed by atoms with van der Waals surface area (Å²) in [5.41, 5.74) is 4.15. The minimum Gasteiger partial charge on any atom is -0.446 e. The minimum atomic E-state index is -1.12. The molecule has 4 aromatic rings. The van der Waals surface area contributed by atoms with E-state index in [0.29, 0.717) is 17.1 Å². The molecule has 0 bridgehead atoms. The van der Waals surface area contributed by atoms with Crippen LogP contribution in [-0.4, -0.2) is 32.1 Å². The third kappa shape index (κ3) is 5.68. The summed E-state index contributed by atoms with van der Waals surface area (Å²) >= 11 is 0. The van der Waals surface area contributed by atoms with Gasteiger partial charge >= 0.3 is 5.97 Å². The fraction of sp³-hybridized carbons (Fsp3) is 0.160. The van der Waals surface area contributed by atoms with E-state index >= 15 is 0 Å². The van der Waals surface area contributed by atoms with Gasteiger partial charge in [0.1, 0.15) is 0 Å². The lowest BCUT2D eigenvalue weighted by Gasteiger charge is -2.18. The van der Waals surface area contributed by atoms with Gasteiger partial charge in [-0.1, -0.05) is 77.9 Å². The third-order valence-corrected chi connectivity index (χ3v) is 4.94. The summed E-state index contributed by atoms with van der Waals surface area (Å²) in [6, 6.07) is 23.9. The highest BCUT2D eigenvalue weighted by Crippen LogP contribution is 2.21. The molecule has 166 valence electrons. The van der Waals surface area contributed by atoms with Crippen molar-refractivity contribution < 1.29 is 14.3 Å². The lowest BCUT2D eigenvalue weighted by atomic mass is 10.1. The zero-order chi connectivity index (χ0) is 23.2. The van der Waals surface area contributed by atoms with Crippen molar-refractivity contribution in [2.24, 2.45) is 0 Å². The van der Waals surface area contributed by atoms with Crippen molar-refractivity contribution in [1.82, 2.24) is 20.2 Å². The fourth-order valence-electron chi connectivity index (χ4n) is 3.16. The van der Waals surface area contributed by atoms with Crippen LogP contribution in [0, 0.1) is 13.8 Å². The number of carbonyl (C=O) groups is 2. The number of rotatable bonds is 7. The van der Waals surface area contributed by atoms with E-state index in [1.54, 1.807) is 36.4 Å². The summed E-state index contributed by atoms with van der Waals surface area (Å²) in [4.78, 5) is 26.8. The molecule has 0 saturated heterocycles. The van der Waals surface area contributed by atoms with Crippen molar-refractivity contribution >= 4 is 17.6 Å². The van der Waals surface area contributed by atoms with E-state index in [9.17, 15) is 9.59 Å². The van der Waals surface area contributed by atoms with Crippen LogP contribution in [0.1, 0.15) is 22.8 Å². The number of carbonyl (C=O) groups excluding carboxylic acids is 2. The topological polar surface area (TPSA) is 99.0 Å². The number of tetrazole rings is 1. The lowest BCUT2D eigenvalue weighted by Crippen LogP contribution is -2.27. The molecule has 0 aliphatic rings. The first-order valence-electron chi connectivity index (χ1n) is 10.4. The molecule has 1 N–H and O–H groups in total. The Bertz CT molecular complexity index is 1240. The van der Waals surface area contributed by atoms with Crippen molar-refractivity contribution in [1.29, 1.82) is 0 Å². The number of hydrogen-bond donors (Lipinski definition) is 1. The van der Waals surface area contributed by atoms with Crippen LogP contribution >= 0.6 is 0 Å². The summed E-state index contributed by atoms with van der Waals surface area (Å²) in [6.45, 7) is 3.67. The molecule has 3 aromatic carbocycles. The zero-order valence-electron chi connectivity index (χ0n) is 18.3. The Morgan fingerprint density at radius 2 is 1.55 bits per heavy atom. The maximum Gasteiger partial charge on any atom is 0.330 e. The van der Waals surface area contributed by atoms with E-state index in [1.807, 2.05) is 56.3 Å². The Labute approximate surface area is 191 Å². The summed E-state index contributed by atoms with van der Waals surface area (Å²) in [5.74, 6) is -0.708. The third-order valence-electron chi connectivity index (χ3n) is 4.94. The second kappa shape index (κ2) is 9.86. The first-order chi connectivity index (χ1) is 16.0. The Hall–Kier alpha value is -4.33. The molecule has 1 heterocycles. The second-order valence-electron chi connectivity index (χ2n) is 7.65. The molecule has 0 spiro atoms. The van der Waals surface area contributed by atoms with Crippen LogP contribution < -0.4 is 5.32 Å². The average molecular weight is 441 g/mol. The van der Waals surface area contributed by atoms with E-state index in [2.05, 4.69) is 20.7 Å². The van der Waals surface area contributed by atoms with Crippen LogP contribution in [0.5, 0.6) is 0 Å². The molecular formula is C25H23N5O3. The van der Waals surface area contributed by atoms with Crippen LogP contribution in [0.3, 0.4) is 0 Å². The van der Waals surface area contributed by atoms with Crippen molar-refractivity contribution in [3.63, 3.8) is 0 Å². The summed E-state index contributed by atoms with van der Waals surface area (Å²) in [5, 5.41) is 15.0. The van der Waals surface area contributed by atoms with E-state index in [1.165, 1.54) is 0 Å². The van der Waals surface area contributed by atoms with Crippen molar-refractivity contribution in [2.45, 2.75) is 26.5 Å². The van der Waals surface area contributed by atoms with Crippen LogP contribution in [0.25, 0.3) is 11.4 Å². The Balaban J connectivity index is 1.47. The molecule has 1 unspecified atom stereocenters. The molecule has 1 atom stereocenters. The van der Waals surface area contributed by atoms with E-state index in [-0.39, 0.29) is 6.54 Å². The fourth-order valence-corrected chi connectivity index (χ4v) is 3.16. The number of aryl methyl sites for hydroxylation is 2. The number of amides is 1. The SMILES string of the molecule is Cc1ccc(NC(=O)C(OC(=O)Cn2nnc(-c3ccc(C)cc3)n2)c2ccccc2)cc1. The van der Waals surface area contributed by atoms with Gasteiger partial charge in [0.15, 0.2) is 6.54 Å². The summed E-state index contributed by atoms with van der Waals surface area (Å²) in [7, 11) is 0. The quantitative estimate of drug-likeness (QED) is 0.437. The number of esters is 1. The molecule has 33 heavy (non-hydrogen) atoms. The van der Waals surface area contributed by atoms with Gasteiger partial charge in [-0.2, -0.15) is 4.80 Å². The molecule has 8 heteroatoms. The molecule has 0 fully saturated rings. The van der Waals surface area contributed by atoms with Crippen LogP contribution in [-0.2, 0) is 20.9 Å². The van der Waals surface area contributed by atoms with E-state index in [0.717, 1.165) is 21.5 Å². The molecular weight excluding hydrogens is 418 g/mol. The van der Waals surface area contributed by atoms with Crippen molar-refractivity contribution in [2.75, 3.05) is 5.32 Å². The summed E-state index contributed by atoms with van der Waals surface area (Å²) in [6.07, 6.45) is -1.12. The predicted octanol–water partition coefficient (Wildman–Crippen LogP) is 3.88. The Morgan fingerprint density at radius 1 is 0.909 bits per heavy atom. The predicted molar refractivity (Wildman–Crippen MR) is 123 cm³/mol. The van der Waals surface area contributed by atoms with Gasteiger partial charge in [0, 0.05) is 16.8 Å². The van der Waals surface area contributed by atoms with Gasteiger partial charge in [0.05, 0.1) is 0 Å². The largest absolute Gasteiger partial charge is 0.446 e. The molecule has 0 aliphatic heterocycles. The molecule has 1 aromatic heterocycles. The summed E-state index contributed by atoms with van der Waals surface area (Å²) < 4.78 is 5.55. The number of hydrogen-bond acceptors (Lipinski definition) is 6. The standard InChI is InChI=1S/C25H23N5O3/c1-17-8-12-20(13-9-17)24-27-29-30(28-24)16-22(31)33-23(19-6-4-3-5-7-19)25(32)26-21-14-10-18(2)11-15-21/h3-15,23H,16H2,1-2H3,(H,26,32). The van der Waals surface area contributed by atoms with Gasteiger partial charge in [-0.15, -0.1) is 10.2 Å². The number of nitrogens with one attached hydrogen (secondary N) is 1. The molecule has 4 rings (SSSR count). The van der Waals surface area contributed by atoms with Gasteiger partial charge < -0.3 is 10.1 Å². The Kier molecular flexibility index (Phi) is 6.54. The highest BCUT2D eigenvalue weighted by atomic mass is 16.5. The number of ether oxygens (including phenoxy) is 1. The first-order valence-corrected chi connectivity index (χ1v) is 10.4. The first kappa shape index (κ1) is 21.9. The van der Waals surface area contributed by atoms with Gasteiger partial charge in [-0.25, -0.2) is 4.79 Å². The van der Waals surface area contributed by atoms with E-state index in [4.69, 9.17) is 4.74 Å². The lowest BCUT2D eigenvalue weighted by molar-refractivity contribution is -0.155. The van der Waals surface area contributed by atoms with Crippen molar-refractivity contribution in [3.8, 4) is 11.4 Å². The van der Waals surface area contributed by atoms with Gasteiger partial charge in [0.2, 0.25) is 11.9 Å². The Morgan fingerprint density at radius 3 is 2.21 bits per heavy atom. The molecule has 0 aliphatic carbocycles. The average Bonchev–Trinajstić information content (AvgIpc) is 3.28. The number of benzene rings is 3. The van der Waals surface area contributed by atoms with Gasteiger partial charge in [-0.3, -0.25) is 4.79 Å². The normalized spacial score (nSPS) is 11.6. The number of anilines is 1. The van der Waals surface area contributed by atoms with Crippen LogP contribution in [0.15, 0.2) is 78.9 Å². The highest BCUT2D eigenvalue weighted by molar-refractivity contribution is 5.96. The molecule has 0 saturated carbocycles. The zero-order valence-corrected chi connectivity index (χ0v) is 18.3. The molecule has 0 radical (unpaired) electrons. The molecule has 1 amide bonds. The molecule has 8 nitrogen and oxygen atoms in total. The van der Waals surface area contributed by atoms with Crippen molar-refractivity contribution in [3.05, 3.63) is 95.6 Å².